The lowest BCUT2D eigenvalue weighted by atomic mass is 10.0. The van der Waals surface area contributed by atoms with Crippen molar-refractivity contribution in [3.05, 3.63) is 0 Å². The highest BCUT2D eigenvalue weighted by atomic mass is 16.5. The van der Waals surface area contributed by atoms with Crippen LogP contribution in [0.25, 0.3) is 0 Å². The smallest absolute Gasteiger partial charge is 0.306 e. The van der Waals surface area contributed by atoms with Crippen LogP contribution in [0.3, 0.4) is 0 Å². The first kappa shape index (κ1) is 41.5. The molecule has 0 saturated heterocycles. The first-order chi connectivity index (χ1) is 20.7. The zero-order valence-corrected chi connectivity index (χ0v) is 29.6. The fourth-order valence-corrected chi connectivity index (χ4v) is 6.34. The Morgan fingerprint density at radius 1 is 0.357 bits per heavy atom. The molecule has 0 radical (unpaired) electrons. The zero-order chi connectivity index (χ0) is 30.6. The lowest BCUT2D eigenvalue weighted by Gasteiger charge is -2.18. The van der Waals surface area contributed by atoms with Gasteiger partial charge in [-0.3, -0.25) is 4.79 Å². The summed E-state index contributed by atoms with van der Waals surface area (Å²) in [5, 5.41) is 0. The molecule has 0 heterocycles. The Kier molecular flexibility index (Phi) is 36.2. The van der Waals surface area contributed by atoms with Gasteiger partial charge in [-0.25, -0.2) is 0 Å². The summed E-state index contributed by atoms with van der Waals surface area (Å²) in [5.74, 6) is 0.0721. The molecule has 2 heteroatoms. The van der Waals surface area contributed by atoms with Crippen LogP contribution in [0.5, 0.6) is 0 Å². The van der Waals surface area contributed by atoms with Crippen LogP contribution in [0, 0.1) is 0 Å². The molecule has 0 fully saturated rings. The van der Waals surface area contributed by atoms with Crippen LogP contribution < -0.4 is 0 Å². The van der Waals surface area contributed by atoms with E-state index in [0.717, 1.165) is 19.3 Å². The summed E-state index contributed by atoms with van der Waals surface area (Å²) in [7, 11) is 0. The van der Waals surface area contributed by atoms with Crippen LogP contribution in [-0.2, 0) is 9.53 Å². The van der Waals surface area contributed by atoms with E-state index in [1.165, 1.54) is 199 Å². The van der Waals surface area contributed by atoms with Crippen LogP contribution in [0.2, 0.25) is 0 Å². The maximum atomic E-state index is 12.6. The third-order valence-electron chi connectivity index (χ3n) is 9.29. The van der Waals surface area contributed by atoms with Gasteiger partial charge in [0.1, 0.15) is 6.10 Å². The molecule has 0 aromatic rings. The molecule has 1 atom stereocenters. The summed E-state index contributed by atoms with van der Waals surface area (Å²) < 4.78 is 6.04. The average Bonchev–Trinajstić information content (AvgIpc) is 2.99. The van der Waals surface area contributed by atoms with Crippen molar-refractivity contribution in [2.75, 3.05) is 0 Å². The van der Waals surface area contributed by atoms with Crippen molar-refractivity contribution in [1.29, 1.82) is 0 Å². The highest BCUT2D eigenvalue weighted by Crippen LogP contribution is 2.19. The third-order valence-corrected chi connectivity index (χ3v) is 9.29. The van der Waals surface area contributed by atoms with Gasteiger partial charge in [0.2, 0.25) is 0 Å². The average molecular weight is 593 g/mol. The lowest BCUT2D eigenvalue weighted by Crippen LogP contribution is -2.18. The fourth-order valence-electron chi connectivity index (χ4n) is 6.34. The van der Waals surface area contributed by atoms with Crippen molar-refractivity contribution in [2.24, 2.45) is 0 Å². The van der Waals surface area contributed by atoms with E-state index in [9.17, 15) is 4.79 Å². The van der Waals surface area contributed by atoms with Crippen LogP contribution >= 0.6 is 0 Å². The summed E-state index contributed by atoms with van der Waals surface area (Å²) in [6, 6.07) is 0. The molecular formula is C40H80O2. The van der Waals surface area contributed by atoms with Gasteiger partial charge < -0.3 is 4.74 Å². The highest BCUT2D eigenvalue weighted by Gasteiger charge is 2.14. The molecule has 0 amide bonds. The van der Waals surface area contributed by atoms with Gasteiger partial charge in [-0.15, -0.1) is 0 Å². The molecule has 1 unspecified atom stereocenters. The standard InChI is InChI=1S/C40H80O2/c1-4-7-10-13-16-18-19-20-21-22-23-24-25-27-29-32-35-38-40(41)42-39(36-33-30-15-12-9-6-3)37-34-31-28-26-17-14-11-8-5-2/h39H,4-38H2,1-3H3. The second kappa shape index (κ2) is 36.7. The Balaban J connectivity index is 3.80. The number of carbonyl (C=O) groups excluding carboxylic acids is 1. The van der Waals surface area contributed by atoms with Crippen LogP contribution in [0.1, 0.15) is 245 Å². The summed E-state index contributed by atoms with van der Waals surface area (Å²) >= 11 is 0. The number of unbranched alkanes of at least 4 members (excludes halogenated alkanes) is 29. The van der Waals surface area contributed by atoms with Gasteiger partial charge in [0.25, 0.3) is 0 Å². The van der Waals surface area contributed by atoms with E-state index in [-0.39, 0.29) is 12.1 Å². The Morgan fingerprint density at radius 3 is 0.881 bits per heavy atom. The van der Waals surface area contributed by atoms with E-state index >= 15 is 0 Å². The molecule has 0 bridgehead atoms. The molecule has 252 valence electrons. The number of rotatable bonds is 36. The number of ether oxygens (including phenoxy) is 1. The number of hydrogen-bond donors (Lipinski definition) is 0. The second-order valence-corrected chi connectivity index (χ2v) is 13.7. The van der Waals surface area contributed by atoms with Gasteiger partial charge in [0.05, 0.1) is 0 Å². The van der Waals surface area contributed by atoms with Crippen LogP contribution in [-0.4, -0.2) is 12.1 Å². The lowest BCUT2D eigenvalue weighted by molar-refractivity contribution is -0.150. The van der Waals surface area contributed by atoms with Gasteiger partial charge in [0, 0.05) is 6.42 Å². The molecule has 2 nitrogen and oxygen atoms in total. The minimum Gasteiger partial charge on any atom is -0.462 e. The van der Waals surface area contributed by atoms with Gasteiger partial charge in [-0.1, -0.05) is 207 Å². The van der Waals surface area contributed by atoms with Crippen molar-refractivity contribution in [2.45, 2.75) is 252 Å². The maximum absolute atomic E-state index is 12.6. The van der Waals surface area contributed by atoms with E-state index in [2.05, 4.69) is 20.8 Å². The van der Waals surface area contributed by atoms with Gasteiger partial charge in [-0.05, 0) is 32.1 Å². The summed E-state index contributed by atoms with van der Waals surface area (Å²) in [4.78, 5) is 12.6. The zero-order valence-electron chi connectivity index (χ0n) is 29.6. The predicted molar refractivity (Wildman–Crippen MR) is 188 cm³/mol. The van der Waals surface area contributed by atoms with E-state index in [1.54, 1.807) is 0 Å². The number of esters is 1. The molecule has 0 aromatic carbocycles. The summed E-state index contributed by atoms with van der Waals surface area (Å²) in [6.07, 6.45) is 46.4. The third kappa shape index (κ3) is 34.0. The Morgan fingerprint density at radius 2 is 0.595 bits per heavy atom. The quantitative estimate of drug-likeness (QED) is 0.0534. The summed E-state index contributed by atoms with van der Waals surface area (Å²) in [6.45, 7) is 6.86. The minimum atomic E-state index is 0.0721. The topological polar surface area (TPSA) is 26.3 Å². The van der Waals surface area contributed by atoms with E-state index in [4.69, 9.17) is 4.74 Å². The molecular weight excluding hydrogens is 512 g/mol. The molecule has 0 aliphatic rings. The fraction of sp³-hybridized carbons (Fsp3) is 0.975. The molecule has 0 aliphatic heterocycles. The van der Waals surface area contributed by atoms with Crippen molar-refractivity contribution in [3.8, 4) is 0 Å². The minimum absolute atomic E-state index is 0.0721. The van der Waals surface area contributed by atoms with E-state index < -0.39 is 0 Å². The van der Waals surface area contributed by atoms with Crippen molar-refractivity contribution in [1.82, 2.24) is 0 Å². The molecule has 0 aliphatic carbocycles. The van der Waals surface area contributed by atoms with Gasteiger partial charge in [0.15, 0.2) is 0 Å². The number of carbonyl (C=O) groups is 1. The van der Waals surface area contributed by atoms with E-state index in [1.807, 2.05) is 0 Å². The van der Waals surface area contributed by atoms with Crippen LogP contribution in [0.15, 0.2) is 0 Å². The Hall–Kier alpha value is -0.530. The van der Waals surface area contributed by atoms with Crippen molar-refractivity contribution < 1.29 is 9.53 Å². The summed E-state index contributed by atoms with van der Waals surface area (Å²) in [5.41, 5.74) is 0. The van der Waals surface area contributed by atoms with Crippen molar-refractivity contribution >= 4 is 5.97 Å². The molecule has 0 rings (SSSR count). The predicted octanol–water partition coefficient (Wildman–Crippen LogP) is 14.6. The molecule has 0 saturated carbocycles. The highest BCUT2D eigenvalue weighted by molar-refractivity contribution is 5.69. The molecule has 0 N–H and O–H groups in total. The Labute approximate surface area is 266 Å². The number of hydrogen-bond acceptors (Lipinski definition) is 2. The SMILES string of the molecule is CCCCCCCCCCCCCCCCCCCC(=O)OC(CCCCCCCC)CCCCCCCCCCC. The van der Waals surface area contributed by atoms with E-state index in [0.29, 0.717) is 6.42 Å². The van der Waals surface area contributed by atoms with Crippen molar-refractivity contribution in [3.63, 3.8) is 0 Å². The Bertz CT molecular complexity index is 502. The molecule has 0 spiro atoms. The normalized spacial score (nSPS) is 12.2. The van der Waals surface area contributed by atoms with Crippen LogP contribution in [0.4, 0.5) is 0 Å². The van der Waals surface area contributed by atoms with Gasteiger partial charge in [-0.2, -0.15) is 0 Å². The monoisotopic (exact) mass is 593 g/mol. The second-order valence-electron chi connectivity index (χ2n) is 13.7. The maximum Gasteiger partial charge on any atom is 0.306 e. The largest absolute Gasteiger partial charge is 0.462 e. The molecule has 42 heavy (non-hydrogen) atoms. The molecule has 0 aromatic heterocycles. The first-order valence-electron chi connectivity index (χ1n) is 19.9. The first-order valence-corrected chi connectivity index (χ1v) is 19.9. The van der Waals surface area contributed by atoms with Gasteiger partial charge >= 0.3 is 5.97 Å².